The Morgan fingerprint density at radius 3 is 2.52 bits per heavy atom. The fourth-order valence-corrected chi connectivity index (χ4v) is 2.10. The lowest BCUT2D eigenvalue weighted by Gasteiger charge is -1.97. The molecule has 5 heteroatoms. The number of carbonyl (C=O) groups is 1. The quantitative estimate of drug-likeness (QED) is 0.780. The first-order valence-electron chi connectivity index (χ1n) is 6.20. The highest BCUT2D eigenvalue weighted by Crippen LogP contribution is 2.27. The van der Waals surface area contributed by atoms with E-state index in [0.29, 0.717) is 22.0 Å². The summed E-state index contributed by atoms with van der Waals surface area (Å²) < 4.78 is 5.29. The lowest BCUT2D eigenvalue weighted by atomic mass is 10.1. The lowest BCUT2D eigenvalue weighted by Crippen LogP contribution is -1.95. The number of aromatic carboxylic acids is 1. The minimum atomic E-state index is -0.978. The lowest BCUT2D eigenvalue weighted by molar-refractivity contribution is 0.0697. The van der Waals surface area contributed by atoms with Crippen molar-refractivity contribution >= 4 is 17.6 Å². The molecule has 0 saturated heterocycles. The van der Waals surface area contributed by atoms with Crippen molar-refractivity contribution in [1.29, 1.82) is 0 Å². The molecule has 1 N–H and O–H groups in total. The molecule has 1 aromatic heterocycles. The van der Waals surface area contributed by atoms with E-state index >= 15 is 0 Å². The zero-order valence-electron chi connectivity index (χ0n) is 10.8. The summed E-state index contributed by atoms with van der Waals surface area (Å²) in [6.45, 7) is 0. The first kappa shape index (κ1) is 13.4. The molecule has 21 heavy (non-hydrogen) atoms. The van der Waals surface area contributed by atoms with Gasteiger partial charge in [0, 0.05) is 22.2 Å². The zero-order valence-corrected chi connectivity index (χ0v) is 11.5. The summed E-state index contributed by atoms with van der Waals surface area (Å²) in [4.78, 5) is 11.0. The number of hydrogen-bond acceptors (Lipinski definition) is 3. The molecule has 2 aromatic carbocycles. The Hall–Kier alpha value is -2.59. The number of rotatable bonds is 3. The maximum Gasteiger partial charge on any atom is 0.335 e. The van der Waals surface area contributed by atoms with Crippen LogP contribution < -0.4 is 0 Å². The molecule has 4 nitrogen and oxygen atoms in total. The third-order valence-corrected chi connectivity index (χ3v) is 3.30. The van der Waals surface area contributed by atoms with E-state index in [2.05, 4.69) is 5.16 Å². The molecule has 3 aromatic rings. The first-order chi connectivity index (χ1) is 10.1. The summed E-state index contributed by atoms with van der Waals surface area (Å²) in [5.41, 5.74) is 2.42. The smallest absolute Gasteiger partial charge is 0.335 e. The van der Waals surface area contributed by atoms with Crippen molar-refractivity contribution in [1.82, 2.24) is 5.16 Å². The molecule has 0 bridgehead atoms. The van der Waals surface area contributed by atoms with Gasteiger partial charge in [-0.3, -0.25) is 0 Å². The predicted molar refractivity (Wildman–Crippen MR) is 79.3 cm³/mol. The Balaban J connectivity index is 1.96. The highest BCUT2D eigenvalue weighted by molar-refractivity contribution is 6.30. The van der Waals surface area contributed by atoms with Crippen LogP contribution in [0.15, 0.2) is 59.1 Å². The van der Waals surface area contributed by atoms with Gasteiger partial charge < -0.3 is 9.63 Å². The number of carboxylic acid groups (broad SMARTS) is 1. The number of nitrogens with zero attached hydrogens (tertiary/aromatic N) is 1. The van der Waals surface area contributed by atoms with Crippen LogP contribution in [-0.4, -0.2) is 16.2 Å². The van der Waals surface area contributed by atoms with E-state index in [-0.39, 0.29) is 5.56 Å². The van der Waals surface area contributed by atoms with Crippen LogP contribution in [0.5, 0.6) is 0 Å². The Labute approximate surface area is 125 Å². The van der Waals surface area contributed by atoms with E-state index in [0.717, 1.165) is 5.56 Å². The molecule has 0 spiro atoms. The molecule has 0 amide bonds. The average molecular weight is 300 g/mol. The molecular formula is C16H10ClNO3. The third kappa shape index (κ3) is 2.80. The fraction of sp³-hybridized carbons (Fsp3) is 0. The molecule has 0 saturated carbocycles. The van der Waals surface area contributed by atoms with Crippen LogP contribution in [0.4, 0.5) is 0 Å². The van der Waals surface area contributed by atoms with Crippen molar-refractivity contribution in [2.45, 2.75) is 0 Å². The first-order valence-corrected chi connectivity index (χ1v) is 6.58. The highest BCUT2D eigenvalue weighted by atomic mass is 35.5. The zero-order chi connectivity index (χ0) is 14.8. The van der Waals surface area contributed by atoms with Gasteiger partial charge in [-0.25, -0.2) is 4.79 Å². The minimum Gasteiger partial charge on any atom is -0.478 e. The van der Waals surface area contributed by atoms with Crippen LogP contribution in [0.3, 0.4) is 0 Å². The second-order valence-corrected chi connectivity index (χ2v) is 4.91. The molecule has 0 radical (unpaired) electrons. The van der Waals surface area contributed by atoms with Crippen molar-refractivity contribution in [3.05, 3.63) is 65.2 Å². The van der Waals surface area contributed by atoms with E-state index in [4.69, 9.17) is 21.2 Å². The van der Waals surface area contributed by atoms with Crippen molar-refractivity contribution in [3.63, 3.8) is 0 Å². The van der Waals surface area contributed by atoms with Crippen molar-refractivity contribution in [3.8, 4) is 22.6 Å². The summed E-state index contributed by atoms with van der Waals surface area (Å²) in [5.74, 6) is -0.461. The van der Waals surface area contributed by atoms with Crippen LogP contribution in [0.1, 0.15) is 10.4 Å². The topological polar surface area (TPSA) is 63.3 Å². The van der Waals surface area contributed by atoms with Gasteiger partial charge in [0.25, 0.3) is 0 Å². The summed E-state index contributed by atoms with van der Waals surface area (Å²) in [7, 11) is 0. The van der Waals surface area contributed by atoms with Gasteiger partial charge in [-0.1, -0.05) is 41.0 Å². The Kier molecular flexibility index (Phi) is 3.46. The molecule has 1 heterocycles. The van der Waals surface area contributed by atoms with Gasteiger partial charge >= 0.3 is 5.97 Å². The Morgan fingerprint density at radius 2 is 1.81 bits per heavy atom. The highest BCUT2D eigenvalue weighted by Gasteiger charge is 2.10. The molecule has 3 rings (SSSR count). The Morgan fingerprint density at radius 1 is 1.05 bits per heavy atom. The van der Waals surface area contributed by atoms with Crippen LogP contribution in [-0.2, 0) is 0 Å². The second kappa shape index (κ2) is 5.42. The molecule has 104 valence electrons. The van der Waals surface area contributed by atoms with Crippen molar-refractivity contribution < 1.29 is 14.4 Å². The number of carboxylic acids is 1. The average Bonchev–Trinajstić information content (AvgIpc) is 2.98. The largest absolute Gasteiger partial charge is 0.478 e. The van der Waals surface area contributed by atoms with Gasteiger partial charge in [-0.15, -0.1) is 0 Å². The molecule has 0 unspecified atom stereocenters. The van der Waals surface area contributed by atoms with Gasteiger partial charge in [-0.2, -0.15) is 0 Å². The summed E-state index contributed by atoms with van der Waals surface area (Å²) in [6.07, 6.45) is 0. The molecule has 0 atom stereocenters. The molecule has 0 fully saturated rings. The maximum absolute atomic E-state index is 11.0. The second-order valence-electron chi connectivity index (χ2n) is 4.47. The molecule has 0 aliphatic heterocycles. The Bertz CT molecular complexity index is 793. The van der Waals surface area contributed by atoms with E-state index in [1.54, 1.807) is 36.4 Å². The number of benzene rings is 2. The third-order valence-electron chi connectivity index (χ3n) is 3.04. The SMILES string of the molecule is O=C(O)c1cccc(-c2cc(-c3ccc(Cl)cc3)no2)c1. The molecule has 0 aliphatic rings. The van der Waals surface area contributed by atoms with Gasteiger partial charge in [-0.05, 0) is 24.3 Å². The summed E-state index contributed by atoms with van der Waals surface area (Å²) in [6, 6.07) is 15.5. The van der Waals surface area contributed by atoms with Crippen LogP contribution in [0, 0.1) is 0 Å². The fourth-order valence-electron chi connectivity index (χ4n) is 1.97. The van der Waals surface area contributed by atoms with Crippen molar-refractivity contribution in [2.75, 3.05) is 0 Å². The standard InChI is InChI=1S/C16H10ClNO3/c17-13-6-4-10(5-7-13)14-9-15(21-18-14)11-2-1-3-12(8-11)16(19)20/h1-9H,(H,19,20). The summed E-state index contributed by atoms with van der Waals surface area (Å²) >= 11 is 5.85. The number of hydrogen-bond donors (Lipinski definition) is 1. The van der Waals surface area contributed by atoms with E-state index in [9.17, 15) is 4.79 Å². The van der Waals surface area contributed by atoms with Gasteiger partial charge in [0.1, 0.15) is 5.69 Å². The van der Waals surface area contributed by atoms with Crippen LogP contribution in [0.2, 0.25) is 5.02 Å². The minimum absolute atomic E-state index is 0.206. The summed E-state index contributed by atoms with van der Waals surface area (Å²) in [5, 5.41) is 13.7. The van der Waals surface area contributed by atoms with Gasteiger partial charge in [0.15, 0.2) is 5.76 Å². The molecular weight excluding hydrogens is 290 g/mol. The number of aromatic nitrogens is 1. The van der Waals surface area contributed by atoms with Gasteiger partial charge in [0.2, 0.25) is 0 Å². The van der Waals surface area contributed by atoms with E-state index in [1.165, 1.54) is 6.07 Å². The van der Waals surface area contributed by atoms with E-state index < -0.39 is 5.97 Å². The normalized spacial score (nSPS) is 10.5. The molecule has 0 aliphatic carbocycles. The van der Waals surface area contributed by atoms with Crippen LogP contribution >= 0.6 is 11.6 Å². The van der Waals surface area contributed by atoms with Crippen LogP contribution in [0.25, 0.3) is 22.6 Å². The predicted octanol–water partition coefficient (Wildman–Crippen LogP) is 4.36. The monoisotopic (exact) mass is 299 g/mol. The van der Waals surface area contributed by atoms with Gasteiger partial charge in [0.05, 0.1) is 5.56 Å². The van der Waals surface area contributed by atoms with E-state index in [1.807, 2.05) is 12.1 Å². The number of halogens is 1. The maximum atomic E-state index is 11.0. The van der Waals surface area contributed by atoms with Crippen molar-refractivity contribution in [2.24, 2.45) is 0 Å².